The van der Waals surface area contributed by atoms with E-state index in [1.165, 1.54) is 6.07 Å². The minimum atomic E-state index is -4.37. The maximum absolute atomic E-state index is 12.8. The zero-order valence-corrected chi connectivity index (χ0v) is 14.2. The molecule has 2 atom stereocenters. The van der Waals surface area contributed by atoms with Gasteiger partial charge < -0.3 is 10.0 Å². The molecule has 1 aliphatic carbocycles. The van der Waals surface area contributed by atoms with Crippen molar-refractivity contribution in [2.45, 2.75) is 44.1 Å². The maximum Gasteiger partial charge on any atom is 0.416 e. The van der Waals surface area contributed by atoms with Crippen molar-refractivity contribution in [2.24, 2.45) is 5.92 Å². The van der Waals surface area contributed by atoms with Crippen molar-refractivity contribution in [3.8, 4) is 0 Å². The maximum atomic E-state index is 12.8. The van der Waals surface area contributed by atoms with Crippen LogP contribution >= 0.6 is 0 Å². The number of rotatable bonds is 4. The predicted molar refractivity (Wildman–Crippen MR) is 86.6 cm³/mol. The molecule has 1 saturated heterocycles. The van der Waals surface area contributed by atoms with Gasteiger partial charge in [-0.1, -0.05) is 24.6 Å². The topological polar surface area (TPSA) is 43.8 Å². The Kier molecular flexibility index (Phi) is 5.06. The molecule has 2 fully saturated rings. The molecule has 0 aromatic heterocycles. The van der Waals surface area contributed by atoms with Crippen LogP contribution in [0.3, 0.4) is 0 Å². The van der Waals surface area contributed by atoms with E-state index in [0.29, 0.717) is 18.7 Å². The predicted octanol–water partition coefficient (Wildman–Crippen LogP) is 2.51. The van der Waals surface area contributed by atoms with E-state index in [1.54, 1.807) is 18.0 Å². The zero-order chi connectivity index (χ0) is 18.2. The summed E-state index contributed by atoms with van der Waals surface area (Å²) in [5.41, 5.74) is -0.138. The number of carbonyl (C=O) groups excluding carboxylic acids is 1. The molecule has 2 aliphatic rings. The van der Waals surface area contributed by atoms with Crippen molar-refractivity contribution < 1.29 is 23.1 Å². The van der Waals surface area contributed by atoms with E-state index >= 15 is 0 Å². The smallest absolute Gasteiger partial charge is 0.390 e. The standard InChI is InChI=1S/C18H23F3N2O2/c1-22(9-12-4-2-7-14(8-12)18(19,20)21)15-10-23(11-16(15)24)17(25)13-5-3-6-13/h2,4,7-8,13,15-16,24H,3,5-6,9-11H2,1H3/t15-,16-/m0/s1. The number of aliphatic hydroxyl groups is 1. The van der Waals surface area contributed by atoms with Gasteiger partial charge in [-0.2, -0.15) is 13.2 Å². The van der Waals surface area contributed by atoms with Crippen molar-refractivity contribution in [3.63, 3.8) is 0 Å². The molecule has 4 nitrogen and oxygen atoms in total. The van der Waals surface area contributed by atoms with E-state index in [9.17, 15) is 23.1 Å². The molecule has 1 aliphatic heterocycles. The summed E-state index contributed by atoms with van der Waals surface area (Å²) in [5.74, 6) is 0.181. The number of alkyl halides is 3. The van der Waals surface area contributed by atoms with E-state index in [1.807, 2.05) is 4.90 Å². The van der Waals surface area contributed by atoms with Crippen LogP contribution in [-0.2, 0) is 17.5 Å². The molecule has 1 heterocycles. The van der Waals surface area contributed by atoms with Gasteiger partial charge >= 0.3 is 6.18 Å². The molecular weight excluding hydrogens is 333 g/mol. The average molecular weight is 356 g/mol. The van der Waals surface area contributed by atoms with Crippen molar-refractivity contribution in [1.29, 1.82) is 0 Å². The van der Waals surface area contributed by atoms with Crippen LogP contribution in [0.25, 0.3) is 0 Å². The van der Waals surface area contributed by atoms with Crippen LogP contribution in [0.5, 0.6) is 0 Å². The highest BCUT2D eigenvalue weighted by molar-refractivity contribution is 5.80. The van der Waals surface area contributed by atoms with Gasteiger partial charge in [-0.3, -0.25) is 9.69 Å². The van der Waals surface area contributed by atoms with E-state index in [4.69, 9.17) is 0 Å². The molecular formula is C18H23F3N2O2. The van der Waals surface area contributed by atoms with Crippen LogP contribution in [0, 0.1) is 5.92 Å². The quantitative estimate of drug-likeness (QED) is 0.902. The van der Waals surface area contributed by atoms with Crippen molar-refractivity contribution in [1.82, 2.24) is 9.80 Å². The van der Waals surface area contributed by atoms with E-state index in [0.717, 1.165) is 31.4 Å². The summed E-state index contributed by atoms with van der Waals surface area (Å²) in [7, 11) is 1.77. The number of β-amino-alcohol motifs (C(OH)–C–C–N with tert-alkyl or cyclic N) is 1. The van der Waals surface area contributed by atoms with Gasteiger partial charge in [0, 0.05) is 25.6 Å². The number of carbonyl (C=O) groups is 1. The SMILES string of the molecule is CN(Cc1cccc(C(F)(F)F)c1)[C@H]1CN(C(=O)C2CCC2)C[C@@H]1O. The number of amides is 1. The largest absolute Gasteiger partial charge is 0.416 e. The Morgan fingerprint density at radius 3 is 2.64 bits per heavy atom. The first-order chi connectivity index (χ1) is 11.8. The number of likely N-dealkylation sites (tertiary alicyclic amines) is 1. The molecule has 25 heavy (non-hydrogen) atoms. The Morgan fingerprint density at radius 2 is 2.04 bits per heavy atom. The van der Waals surface area contributed by atoms with Gasteiger partial charge in [-0.15, -0.1) is 0 Å². The molecule has 1 aromatic carbocycles. The van der Waals surface area contributed by atoms with Gasteiger partial charge in [0.25, 0.3) is 0 Å². The van der Waals surface area contributed by atoms with Crippen LogP contribution in [0.1, 0.15) is 30.4 Å². The Labute approximate surface area is 145 Å². The normalized spacial score (nSPS) is 24.6. The van der Waals surface area contributed by atoms with Crippen LogP contribution < -0.4 is 0 Å². The second-order valence-corrected chi connectivity index (χ2v) is 7.12. The lowest BCUT2D eigenvalue weighted by Gasteiger charge is -2.30. The van der Waals surface area contributed by atoms with Gasteiger partial charge in [0.1, 0.15) is 0 Å². The molecule has 1 saturated carbocycles. The fourth-order valence-electron chi connectivity index (χ4n) is 3.55. The van der Waals surface area contributed by atoms with E-state index < -0.39 is 17.8 Å². The minimum absolute atomic E-state index is 0.0831. The fourth-order valence-corrected chi connectivity index (χ4v) is 3.55. The van der Waals surface area contributed by atoms with Crippen molar-refractivity contribution in [3.05, 3.63) is 35.4 Å². The fraction of sp³-hybridized carbons (Fsp3) is 0.611. The lowest BCUT2D eigenvalue weighted by atomic mass is 9.84. The second-order valence-electron chi connectivity index (χ2n) is 7.12. The summed E-state index contributed by atoms with van der Waals surface area (Å²) < 4.78 is 38.5. The molecule has 1 N–H and O–H groups in total. The number of nitrogens with zero attached hydrogens (tertiary/aromatic N) is 2. The van der Waals surface area contributed by atoms with Gasteiger partial charge in [0.05, 0.1) is 17.7 Å². The molecule has 0 unspecified atom stereocenters. The summed E-state index contributed by atoms with van der Waals surface area (Å²) in [4.78, 5) is 15.8. The highest BCUT2D eigenvalue weighted by Gasteiger charge is 2.39. The summed E-state index contributed by atoms with van der Waals surface area (Å²) in [6.45, 7) is 1.01. The molecule has 1 amide bonds. The molecule has 3 rings (SSSR count). The van der Waals surface area contributed by atoms with Gasteiger partial charge in [0.2, 0.25) is 5.91 Å². The highest BCUT2D eigenvalue weighted by atomic mass is 19.4. The monoisotopic (exact) mass is 356 g/mol. The van der Waals surface area contributed by atoms with Gasteiger partial charge in [-0.25, -0.2) is 0 Å². The van der Waals surface area contributed by atoms with Crippen LogP contribution in [0.4, 0.5) is 13.2 Å². The molecule has 7 heteroatoms. The van der Waals surface area contributed by atoms with Crippen LogP contribution in [0.2, 0.25) is 0 Å². The summed E-state index contributed by atoms with van der Waals surface area (Å²) >= 11 is 0. The third kappa shape index (κ3) is 3.98. The summed E-state index contributed by atoms with van der Waals surface area (Å²) in [6, 6.07) is 4.95. The third-order valence-corrected chi connectivity index (χ3v) is 5.28. The number of aliphatic hydroxyl groups excluding tert-OH is 1. The highest BCUT2D eigenvalue weighted by Crippen LogP contribution is 2.31. The Hall–Kier alpha value is -1.60. The minimum Gasteiger partial charge on any atom is -0.390 e. The van der Waals surface area contributed by atoms with Crippen LogP contribution in [-0.4, -0.2) is 53.1 Å². The first kappa shape index (κ1) is 18.2. The first-order valence-corrected chi connectivity index (χ1v) is 8.59. The van der Waals surface area contributed by atoms with Crippen LogP contribution in [0.15, 0.2) is 24.3 Å². The van der Waals surface area contributed by atoms with Gasteiger partial charge in [0.15, 0.2) is 0 Å². The first-order valence-electron chi connectivity index (χ1n) is 8.59. The Balaban J connectivity index is 1.63. The van der Waals surface area contributed by atoms with Crippen molar-refractivity contribution in [2.75, 3.05) is 20.1 Å². The van der Waals surface area contributed by atoms with Crippen molar-refractivity contribution >= 4 is 5.91 Å². The summed E-state index contributed by atoms with van der Waals surface area (Å²) in [6.07, 6.45) is -2.15. The Bertz CT molecular complexity index is 631. The average Bonchev–Trinajstić information content (AvgIpc) is 2.87. The number of likely N-dealkylation sites (N-methyl/N-ethyl adjacent to an activating group) is 1. The number of benzene rings is 1. The zero-order valence-electron chi connectivity index (χ0n) is 14.2. The second kappa shape index (κ2) is 6.96. The lowest BCUT2D eigenvalue weighted by Crippen LogP contribution is -2.41. The molecule has 0 radical (unpaired) electrons. The third-order valence-electron chi connectivity index (χ3n) is 5.28. The molecule has 1 aromatic rings. The Morgan fingerprint density at radius 1 is 1.32 bits per heavy atom. The lowest BCUT2D eigenvalue weighted by molar-refractivity contribution is -0.138. The number of hydrogen-bond acceptors (Lipinski definition) is 3. The molecule has 0 bridgehead atoms. The van der Waals surface area contributed by atoms with E-state index in [2.05, 4.69) is 0 Å². The number of halogens is 3. The molecule has 138 valence electrons. The van der Waals surface area contributed by atoms with E-state index in [-0.39, 0.29) is 24.4 Å². The number of hydrogen-bond donors (Lipinski definition) is 1. The van der Waals surface area contributed by atoms with Gasteiger partial charge in [-0.05, 0) is 31.5 Å². The summed E-state index contributed by atoms with van der Waals surface area (Å²) in [5, 5.41) is 10.3. The molecule has 0 spiro atoms.